The van der Waals surface area contributed by atoms with Gasteiger partial charge in [-0.15, -0.1) is 0 Å². The zero-order valence-electron chi connectivity index (χ0n) is 17.8. The van der Waals surface area contributed by atoms with Crippen molar-refractivity contribution in [1.29, 1.82) is 0 Å². The highest BCUT2D eigenvalue weighted by Crippen LogP contribution is 2.31. The molecule has 4 rings (SSSR count). The number of carbonyl (C=O) groups is 1. The van der Waals surface area contributed by atoms with Crippen LogP contribution in [0, 0.1) is 0 Å². The van der Waals surface area contributed by atoms with Crippen LogP contribution in [0.4, 0.5) is 0 Å². The Morgan fingerprint density at radius 2 is 1.88 bits per heavy atom. The van der Waals surface area contributed by atoms with Gasteiger partial charge in [0.05, 0.1) is 12.6 Å². The highest BCUT2D eigenvalue weighted by atomic mass is 16.5. The van der Waals surface area contributed by atoms with E-state index in [1.54, 1.807) is 10.9 Å². The van der Waals surface area contributed by atoms with Crippen LogP contribution in [-0.2, 0) is 4.79 Å². The summed E-state index contributed by atoms with van der Waals surface area (Å²) in [6.07, 6.45) is 4.66. The average Bonchev–Trinajstić information content (AvgIpc) is 3.18. The lowest BCUT2D eigenvalue weighted by atomic mass is 10.1. The van der Waals surface area contributed by atoms with E-state index in [-0.39, 0.29) is 12.5 Å². The number of benzene rings is 2. The Hall–Kier alpha value is -3.75. The van der Waals surface area contributed by atoms with Gasteiger partial charge in [0.1, 0.15) is 17.8 Å². The number of fused-ring (bicyclic) bond motifs is 1. The number of para-hydroxylation sites is 1. The van der Waals surface area contributed by atoms with E-state index in [1.807, 2.05) is 60.8 Å². The van der Waals surface area contributed by atoms with Crippen molar-refractivity contribution in [2.24, 2.45) is 5.73 Å². The minimum atomic E-state index is -0.735. The van der Waals surface area contributed by atoms with Crippen molar-refractivity contribution in [2.45, 2.75) is 19.4 Å². The Morgan fingerprint density at radius 1 is 1.16 bits per heavy atom. The van der Waals surface area contributed by atoms with E-state index < -0.39 is 6.10 Å². The summed E-state index contributed by atoms with van der Waals surface area (Å²) < 4.78 is 7.55. The van der Waals surface area contributed by atoms with Gasteiger partial charge in [0.15, 0.2) is 5.65 Å². The quantitative estimate of drug-likeness (QED) is 0.444. The molecule has 0 aliphatic heterocycles. The van der Waals surface area contributed by atoms with Crippen LogP contribution < -0.4 is 15.5 Å². The van der Waals surface area contributed by atoms with Gasteiger partial charge in [0.25, 0.3) is 0 Å². The molecule has 0 fully saturated rings. The van der Waals surface area contributed by atoms with Crippen molar-refractivity contribution < 1.29 is 14.6 Å². The number of aromatic nitrogens is 3. The first-order valence-electron chi connectivity index (χ1n) is 10.4. The maximum absolute atomic E-state index is 12.4. The van der Waals surface area contributed by atoms with Gasteiger partial charge in [-0.2, -0.15) is 0 Å². The molecule has 3 N–H and O–H groups in total. The molecule has 0 spiro atoms. The molecule has 4 aromatic rings. The van der Waals surface area contributed by atoms with Crippen LogP contribution in [0.5, 0.6) is 11.5 Å². The number of rotatable bonds is 8. The monoisotopic (exact) mass is 431 g/mol. The predicted molar refractivity (Wildman–Crippen MR) is 123 cm³/mol. The van der Waals surface area contributed by atoms with E-state index in [4.69, 9.17) is 10.5 Å². The normalized spacial score (nSPS) is 12.0. The molecule has 2 aromatic heterocycles. The Balaban J connectivity index is 1.68. The fourth-order valence-corrected chi connectivity index (χ4v) is 3.54. The second kappa shape index (κ2) is 9.59. The van der Waals surface area contributed by atoms with Crippen molar-refractivity contribution in [1.82, 2.24) is 14.6 Å². The molecule has 2 aromatic carbocycles. The number of aliphatic hydroxyl groups excluding tert-OH is 1. The number of carbonyl (C=O) groups excluding carboxylic acids is 1. The summed E-state index contributed by atoms with van der Waals surface area (Å²) in [5.74, 6) is 1.27. The number of hydrogen-bond donors (Lipinski definition) is 2. The molecule has 2 heterocycles. The van der Waals surface area contributed by atoms with Gasteiger partial charge in [0.2, 0.25) is 5.91 Å². The van der Waals surface area contributed by atoms with Gasteiger partial charge in [-0.1, -0.05) is 30.3 Å². The van der Waals surface area contributed by atoms with Crippen molar-refractivity contribution in [2.75, 3.05) is 18.1 Å². The van der Waals surface area contributed by atoms with E-state index in [1.165, 1.54) is 18.3 Å². The third-order valence-electron chi connectivity index (χ3n) is 5.10. The standard InChI is InChI=1S/C24H25N5O3/c1-17(30)28(14-19(31)11-12-25)29-15-23(22-13-26-16-27-24(22)29)18-7-9-21(10-8-18)32-20-5-3-2-4-6-20/h2-10,13,15-16,19,31H,11-12,14,25H2,1H3. The summed E-state index contributed by atoms with van der Waals surface area (Å²) >= 11 is 0. The Bertz CT molecular complexity index is 1190. The van der Waals surface area contributed by atoms with Crippen LogP contribution in [0.2, 0.25) is 0 Å². The highest BCUT2D eigenvalue weighted by Gasteiger charge is 2.21. The molecule has 32 heavy (non-hydrogen) atoms. The Kier molecular flexibility index (Phi) is 6.44. The van der Waals surface area contributed by atoms with Crippen LogP contribution in [0.1, 0.15) is 13.3 Å². The van der Waals surface area contributed by atoms with Gasteiger partial charge in [-0.3, -0.25) is 4.79 Å². The van der Waals surface area contributed by atoms with Crippen molar-refractivity contribution >= 4 is 16.9 Å². The zero-order chi connectivity index (χ0) is 22.5. The molecule has 8 heteroatoms. The van der Waals surface area contributed by atoms with Crippen LogP contribution in [0.25, 0.3) is 22.2 Å². The van der Waals surface area contributed by atoms with Gasteiger partial charge >= 0.3 is 0 Å². The first kappa shape index (κ1) is 21.5. The summed E-state index contributed by atoms with van der Waals surface area (Å²) in [6.45, 7) is 1.91. The first-order valence-corrected chi connectivity index (χ1v) is 10.4. The van der Waals surface area contributed by atoms with E-state index in [9.17, 15) is 9.90 Å². The smallest absolute Gasteiger partial charge is 0.238 e. The summed E-state index contributed by atoms with van der Waals surface area (Å²) in [5.41, 5.74) is 7.92. The summed E-state index contributed by atoms with van der Waals surface area (Å²) in [7, 11) is 0. The third kappa shape index (κ3) is 4.61. The number of nitrogens with two attached hydrogens (primary N) is 1. The molecule has 1 amide bonds. The van der Waals surface area contributed by atoms with Crippen LogP contribution in [0.3, 0.4) is 0 Å². The van der Waals surface area contributed by atoms with Crippen molar-refractivity contribution in [3.8, 4) is 22.6 Å². The number of nitrogens with zero attached hydrogens (tertiary/aromatic N) is 4. The minimum Gasteiger partial charge on any atom is -0.457 e. The lowest BCUT2D eigenvalue weighted by Crippen LogP contribution is -2.44. The fraction of sp³-hybridized carbons (Fsp3) is 0.208. The number of ether oxygens (including phenoxy) is 1. The summed E-state index contributed by atoms with van der Waals surface area (Å²) in [5, 5.41) is 12.5. The number of amides is 1. The van der Waals surface area contributed by atoms with Gasteiger partial charge in [-0.25, -0.2) is 19.7 Å². The first-order chi connectivity index (χ1) is 15.6. The molecule has 0 saturated carbocycles. The van der Waals surface area contributed by atoms with Crippen molar-refractivity contribution in [3.63, 3.8) is 0 Å². The van der Waals surface area contributed by atoms with Crippen LogP contribution >= 0.6 is 0 Å². The Labute approximate surface area is 185 Å². The molecule has 164 valence electrons. The van der Waals surface area contributed by atoms with Gasteiger partial charge < -0.3 is 15.6 Å². The van der Waals surface area contributed by atoms with E-state index in [2.05, 4.69) is 9.97 Å². The maximum atomic E-state index is 12.4. The molecule has 1 unspecified atom stereocenters. The fourth-order valence-electron chi connectivity index (χ4n) is 3.54. The molecule has 0 saturated heterocycles. The molecule has 0 aliphatic carbocycles. The molecule has 0 bridgehead atoms. The van der Waals surface area contributed by atoms with E-state index in [0.29, 0.717) is 18.6 Å². The molecular formula is C24H25N5O3. The molecular weight excluding hydrogens is 406 g/mol. The SMILES string of the molecule is CC(=O)N(CC(O)CCN)n1cc(-c2ccc(Oc3ccccc3)cc2)c2cncnc21. The zero-order valence-corrected chi connectivity index (χ0v) is 17.8. The van der Waals surface area contributed by atoms with Crippen molar-refractivity contribution in [3.05, 3.63) is 73.3 Å². The maximum Gasteiger partial charge on any atom is 0.238 e. The van der Waals surface area contributed by atoms with E-state index in [0.717, 1.165) is 28.0 Å². The average molecular weight is 431 g/mol. The largest absolute Gasteiger partial charge is 0.457 e. The minimum absolute atomic E-state index is 0.115. The molecule has 0 radical (unpaired) electrons. The lowest BCUT2D eigenvalue weighted by molar-refractivity contribution is -0.118. The third-order valence-corrected chi connectivity index (χ3v) is 5.10. The van der Waals surface area contributed by atoms with Gasteiger partial charge in [0, 0.05) is 30.3 Å². The van der Waals surface area contributed by atoms with Crippen LogP contribution in [0.15, 0.2) is 73.3 Å². The molecule has 0 aliphatic rings. The molecule has 1 atom stereocenters. The predicted octanol–water partition coefficient (Wildman–Crippen LogP) is 3.08. The lowest BCUT2D eigenvalue weighted by Gasteiger charge is -2.25. The Morgan fingerprint density at radius 3 is 2.56 bits per heavy atom. The van der Waals surface area contributed by atoms with E-state index >= 15 is 0 Å². The highest BCUT2D eigenvalue weighted by molar-refractivity contribution is 5.95. The summed E-state index contributed by atoms with van der Waals surface area (Å²) in [4.78, 5) is 20.9. The molecule has 8 nitrogen and oxygen atoms in total. The second-order valence-electron chi connectivity index (χ2n) is 7.42. The van der Waals surface area contributed by atoms with Crippen LogP contribution in [-0.4, -0.2) is 44.9 Å². The number of hydrogen-bond acceptors (Lipinski definition) is 6. The topological polar surface area (TPSA) is 107 Å². The van der Waals surface area contributed by atoms with Gasteiger partial charge in [-0.05, 0) is 42.8 Å². The summed E-state index contributed by atoms with van der Waals surface area (Å²) in [6, 6.07) is 17.3. The second-order valence-corrected chi connectivity index (χ2v) is 7.42. The number of aliphatic hydroxyl groups is 1.